The largest absolute Gasteiger partial charge is 0.454 e. The normalized spacial score (nSPS) is 13.0. The summed E-state index contributed by atoms with van der Waals surface area (Å²) in [6, 6.07) is 14.5. The van der Waals surface area contributed by atoms with Crippen molar-refractivity contribution >= 4 is 29.9 Å². The Kier molecular flexibility index (Phi) is 9.23. The summed E-state index contributed by atoms with van der Waals surface area (Å²) in [5.74, 6) is 2.41. The van der Waals surface area contributed by atoms with Crippen LogP contribution in [-0.2, 0) is 24.3 Å². The molecule has 30 heavy (non-hydrogen) atoms. The van der Waals surface area contributed by atoms with E-state index in [0.717, 1.165) is 30.4 Å². The first-order valence-electron chi connectivity index (χ1n) is 9.98. The molecule has 2 N–H and O–H groups in total. The smallest absolute Gasteiger partial charge is 0.231 e. The summed E-state index contributed by atoms with van der Waals surface area (Å²) in [6.07, 6.45) is 0.872. The first-order valence-corrected chi connectivity index (χ1v) is 9.98. The van der Waals surface area contributed by atoms with Crippen molar-refractivity contribution < 1.29 is 14.2 Å². The molecule has 2 aromatic rings. The summed E-state index contributed by atoms with van der Waals surface area (Å²) in [6.45, 7) is 8.59. The minimum Gasteiger partial charge on any atom is -0.454 e. The van der Waals surface area contributed by atoms with E-state index in [4.69, 9.17) is 14.2 Å². The van der Waals surface area contributed by atoms with Crippen molar-refractivity contribution in [3.05, 3.63) is 59.2 Å². The molecule has 0 spiro atoms. The maximum absolute atomic E-state index is 5.87. The van der Waals surface area contributed by atoms with Gasteiger partial charge in [0.2, 0.25) is 6.79 Å². The fourth-order valence-electron chi connectivity index (χ4n) is 2.96. The van der Waals surface area contributed by atoms with Crippen LogP contribution in [0.1, 0.15) is 37.5 Å². The van der Waals surface area contributed by atoms with Crippen molar-refractivity contribution in [2.24, 2.45) is 4.99 Å². The molecule has 0 amide bonds. The molecular formula is C23H32IN3O3. The zero-order valence-electron chi connectivity index (χ0n) is 18.2. The van der Waals surface area contributed by atoms with Crippen LogP contribution >= 0.6 is 24.0 Å². The third-order valence-corrected chi connectivity index (χ3v) is 4.49. The molecule has 3 rings (SSSR count). The van der Waals surface area contributed by atoms with Gasteiger partial charge in [-0.05, 0) is 56.0 Å². The zero-order chi connectivity index (χ0) is 20.7. The van der Waals surface area contributed by atoms with Gasteiger partial charge in [0.25, 0.3) is 0 Å². The third-order valence-electron chi connectivity index (χ3n) is 4.49. The highest BCUT2D eigenvalue weighted by Crippen LogP contribution is 2.32. The number of fused-ring (bicyclic) bond motifs is 1. The Morgan fingerprint density at radius 2 is 1.77 bits per heavy atom. The van der Waals surface area contributed by atoms with Crippen LogP contribution in [0.2, 0.25) is 0 Å². The molecule has 0 unspecified atom stereocenters. The van der Waals surface area contributed by atoms with Gasteiger partial charge >= 0.3 is 0 Å². The average Bonchev–Trinajstić information content (AvgIpc) is 3.16. The molecule has 2 aromatic carbocycles. The maximum atomic E-state index is 5.87. The van der Waals surface area contributed by atoms with Crippen molar-refractivity contribution in [2.45, 2.75) is 45.9 Å². The lowest BCUT2D eigenvalue weighted by molar-refractivity contribution is -0.0149. The monoisotopic (exact) mass is 525 g/mol. The molecule has 164 valence electrons. The number of nitrogens with zero attached hydrogens (tertiary/aromatic N) is 1. The molecule has 0 radical (unpaired) electrons. The Labute approximate surface area is 196 Å². The Morgan fingerprint density at radius 3 is 2.53 bits per heavy atom. The van der Waals surface area contributed by atoms with Crippen LogP contribution in [0, 0.1) is 0 Å². The van der Waals surface area contributed by atoms with Crippen molar-refractivity contribution in [3.63, 3.8) is 0 Å². The molecule has 0 atom stereocenters. The summed E-state index contributed by atoms with van der Waals surface area (Å²) in [5.41, 5.74) is 3.42. The third kappa shape index (κ3) is 7.68. The minimum atomic E-state index is -0.141. The first-order chi connectivity index (χ1) is 13.9. The number of benzene rings is 2. The molecule has 0 aromatic heterocycles. The lowest BCUT2D eigenvalue weighted by atomic mass is 10.1. The van der Waals surface area contributed by atoms with E-state index in [9.17, 15) is 0 Å². The molecule has 0 bridgehead atoms. The van der Waals surface area contributed by atoms with Gasteiger partial charge in [-0.3, -0.25) is 4.99 Å². The van der Waals surface area contributed by atoms with Crippen molar-refractivity contribution in [3.8, 4) is 11.5 Å². The minimum absolute atomic E-state index is 0. The van der Waals surface area contributed by atoms with Crippen molar-refractivity contribution in [1.82, 2.24) is 10.6 Å². The fourth-order valence-corrected chi connectivity index (χ4v) is 2.96. The van der Waals surface area contributed by atoms with Crippen LogP contribution in [0.3, 0.4) is 0 Å². The maximum Gasteiger partial charge on any atom is 0.231 e. The zero-order valence-corrected chi connectivity index (χ0v) is 20.5. The van der Waals surface area contributed by atoms with E-state index in [0.29, 0.717) is 19.9 Å². The van der Waals surface area contributed by atoms with Gasteiger partial charge in [-0.2, -0.15) is 0 Å². The van der Waals surface area contributed by atoms with Crippen LogP contribution in [0.4, 0.5) is 0 Å². The van der Waals surface area contributed by atoms with E-state index in [1.807, 2.05) is 12.1 Å². The van der Waals surface area contributed by atoms with Crippen LogP contribution in [-0.4, -0.2) is 31.9 Å². The van der Waals surface area contributed by atoms with Crippen LogP contribution in [0.25, 0.3) is 0 Å². The number of hydrogen-bond donors (Lipinski definition) is 2. The van der Waals surface area contributed by atoms with E-state index < -0.39 is 0 Å². The van der Waals surface area contributed by atoms with E-state index >= 15 is 0 Å². The van der Waals surface area contributed by atoms with Gasteiger partial charge in [-0.1, -0.05) is 30.3 Å². The summed E-state index contributed by atoms with van der Waals surface area (Å²) in [7, 11) is 1.78. The average molecular weight is 525 g/mol. The molecule has 1 aliphatic heterocycles. The fraction of sp³-hybridized carbons (Fsp3) is 0.435. The molecule has 0 saturated carbocycles. The highest BCUT2D eigenvalue weighted by molar-refractivity contribution is 14.0. The van der Waals surface area contributed by atoms with Gasteiger partial charge in [0.15, 0.2) is 17.5 Å². The molecule has 1 heterocycles. The van der Waals surface area contributed by atoms with E-state index in [2.05, 4.69) is 66.7 Å². The molecule has 0 saturated heterocycles. The second-order valence-electron chi connectivity index (χ2n) is 8.01. The summed E-state index contributed by atoms with van der Waals surface area (Å²) in [4.78, 5) is 4.31. The predicted molar refractivity (Wildman–Crippen MR) is 131 cm³/mol. The Morgan fingerprint density at radius 1 is 1.00 bits per heavy atom. The van der Waals surface area contributed by atoms with E-state index in [-0.39, 0.29) is 29.6 Å². The standard InChI is InChI=1S/C23H31N3O3.HI/c1-23(2,3)29-15-19-7-5-6-18(12-19)14-26-22(24-4)25-11-10-17-8-9-20-21(13-17)28-16-27-20;/h5-9,12-13H,10-11,14-16H2,1-4H3,(H2,24,25,26);1H. The van der Waals surface area contributed by atoms with Gasteiger partial charge in [0.05, 0.1) is 12.2 Å². The molecule has 0 aliphatic carbocycles. The Balaban J connectivity index is 0.00000320. The second kappa shape index (κ2) is 11.4. The van der Waals surface area contributed by atoms with E-state index in [1.165, 1.54) is 16.7 Å². The highest BCUT2D eigenvalue weighted by atomic mass is 127. The molecular weight excluding hydrogens is 493 g/mol. The number of nitrogens with one attached hydrogen (secondary N) is 2. The number of halogens is 1. The lowest BCUT2D eigenvalue weighted by Crippen LogP contribution is -2.37. The van der Waals surface area contributed by atoms with Gasteiger partial charge in [0.1, 0.15) is 0 Å². The lowest BCUT2D eigenvalue weighted by Gasteiger charge is -2.19. The number of hydrogen-bond acceptors (Lipinski definition) is 4. The van der Waals surface area contributed by atoms with Gasteiger partial charge in [-0.25, -0.2) is 0 Å². The topological polar surface area (TPSA) is 64.1 Å². The Hall–Kier alpha value is -2.00. The summed E-state index contributed by atoms with van der Waals surface area (Å²) in [5, 5.41) is 6.72. The van der Waals surface area contributed by atoms with Gasteiger partial charge < -0.3 is 24.8 Å². The number of ether oxygens (including phenoxy) is 3. The first kappa shape index (κ1) is 24.3. The Bertz CT molecular complexity index is 850. The molecule has 1 aliphatic rings. The van der Waals surface area contributed by atoms with Crippen molar-refractivity contribution in [2.75, 3.05) is 20.4 Å². The quantitative estimate of drug-likeness (QED) is 0.322. The number of guanidine groups is 1. The summed E-state index contributed by atoms with van der Waals surface area (Å²) < 4.78 is 16.7. The van der Waals surface area contributed by atoms with Crippen molar-refractivity contribution in [1.29, 1.82) is 0 Å². The SMILES string of the molecule is CN=C(NCCc1ccc2c(c1)OCO2)NCc1cccc(COC(C)(C)C)c1.I. The van der Waals surface area contributed by atoms with Crippen LogP contribution < -0.4 is 20.1 Å². The second-order valence-corrected chi connectivity index (χ2v) is 8.01. The van der Waals surface area contributed by atoms with Gasteiger partial charge in [0, 0.05) is 20.1 Å². The van der Waals surface area contributed by atoms with Crippen LogP contribution in [0.15, 0.2) is 47.5 Å². The predicted octanol–water partition coefficient (Wildman–Crippen LogP) is 4.26. The summed E-state index contributed by atoms with van der Waals surface area (Å²) >= 11 is 0. The molecule has 7 heteroatoms. The van der Waals surface area contributed by atoms with Crippen LogP contribution in [0.5, 0.6) is 11.5 Å². The number of aliphatic imine (C=N–C) groups is 1. The molecule has 6 nitrogen and oxygen atoms in total. The number of rotatable bonds is 7. The highest BCUT2D eigenvalue weighted by Gasteiger charge is 2.13. The van der Waals surface area contributed by atoms with Gasteiger partial charge in [-0.15, -0.1) is 24.0 Å². The molecule has 0 fully saturated rings. The van der Waals surface area contributed by atoms with E-state index in [1.54, 1.807) is 7.05 Å².